The van der Waals surface area contributed by atoms with Crippen molar-refractivity contribution in [1.29, 1.82) is 0 Å². The Balaban J connectivity index is 2.76. The number of ether oxygens (including phenoxy) is 1. The molecule has 0 aliphatic carbocycles. The van der Waals surface area contributed by atoms with Gasteiger partial charge in [-0.15, -0.1) is 0 Å². The van der Waals surface area contributed by atoms with E-state index in [4.69, 9.17) is 9.52 Å². The molecule has 112 valence electrons. The highest BCUT2D eigenvalue weighted by molar-refractivity contribution is 7.89. The van der Waals surface area contributed by atoms with Gasteiger partial charge in [-0.3, -0.25) is 4.79 Å². The van der Waals surface area contributed by atoms with Crippen molar-refractivity contribution in [2.75, 3.05) is 20.2 Å². The fraction of sp³-hybridized carbons (Fsp3) is 0.455. The second kappa shape index (κ2) is 6.53. The van der Waals surface area contributed by atoms with Crippen LogP contribution in [0.3, 0.4) is 0 Å². The third-order valence-electron chi connectivity index (χ3n) is 2.39. The minimum absolute atomic E-state index is 0.0930. The first-order valence-electron chi connectivity index (χ1n) is 5.74. The van der Waals surface area contributed by atoms with Crippen molar-refractivity contribution in [3.05, 3.63) is 17.9 Å². The lowest BCUT2D eigenvalue weighted by molar-refractivity contribution is -0.143. The number of carboxylic acid groups (broad SMARTS) is 1. The van der Waals surface area contributed by atoms with E-state index in [0.29, 0.717) is 0 Å². The molecule has 9 heteroatoms. The van der Waals surface area contributed by atoms with E-state index in [1.807, 2.05) is 0 Å². The molecule has 0 atom stereocenters. The predicted octanol–water partition coefficient (Wildman–Crippen LogP) is 0.552. The molecule has 0 saturated carbocycles. The van der Waals surface area contributed by atoms with E-state index in [1.54, 1.807) is 6.92 Å². The molecule has 0 aromatic carbocycles. The highest BCUT2D eigenvalue weighted by atomic mass is 32.2. The quantitative estimate of drug-likeness (QED) is 0.731. The normalized spacial score (nSPS) is 11.6. The Morgan fingerprint density at radius 1 is 1.40 bits per heavy atom. The maximum Gasteiger partial charge on any atom is 0.371 e. The van der Waals surface area contributed by atoms with E-state index < -0.39 is 32.8 Å². The number of hydrogen-bond acceptors (Lipinski definition) is 6. The van der Waals surface area contributed by atoms with Crippen molar-refractivity contribution >= 4 is 22.0 Å². The zero-order valence-corrected chi connectivity index (χ0v) is 11.8. The standard InChI is InChI=1S/C11H15NO7S/c1-3-18-9(13)6-7-12(2)20(16,17)10-5-4-8(19-10)11(14)15/h4-5H,3,6-7H2,1-2H3,(H,14,15). The average Bonchev–Trinajstić information content (AvgIpc) is 2.86. The van der Waals surface area contributed by atoms with Crippen LogP contribution in [-0.2, 0) is 19.6 Å². The smallest absolute Gasteiger partial charge is 0.371 e. The molecule has 0 aliphatic rings. The van der Waals surface area contributed by atoms with Crippen LogP contribution >= 0.6 is 0 Å². The Kier molecular flexibility index (Phi) is 5.28. The molecule has 0 radical (unpaired) electrons. The van der Waals surface area contributed by atoms with Crippen molar-refractivity contribution in [3.8, 4) is 0 Å². The Morgan fingerprint density at radius 3 is 2.55 bits per heavy atom. The van der Waals surface area contributed by atoms with Crippen LogP contribution in [0, 0.1) is 0 Å². The Labute approximate surface area is 116 Å². The van der Waals surface area contributed by atoms with Crippen LogP contribution in [0.4, 0.5) is 0 Å². The first-order valence-corrected chi connectivity index (χ1v) is 7.18. The lowest BCUT2D eigenvalue weighted by atomic mass is 10.4. The zero-order valence-electron chi connectivity index (χ0n) is 11.0. The number of carbonyl (C=O) groups excluding carboxylic acids is 1. The number of hydrogen-bond donors (Lipinski definition) is 1. The van der Waals surface area contributed by atoms with Gasteiger partial charge in [-0.1, -0.05) is 0 Å². The number of aromatic carboxylic acids is 1. The summed E-state index contributed by atoms with van der Waals surface area (Å²) in [6.45, 7) is 1.77. The molecule has 20 heavy (non-hydrogen) atoms. The Hall–Kier alpha value is -1.87. The summed E-state index contributed by atoms with van der Waals surface area (Å²) >= 11 is 0. The highest BCUT2D eigenvalue weighted by Crippen LogP contribution is 2.18. The molecule has 1 aromatic heterocycles. The number of sulfonamides is 1. The summed E-state index contributed by atoms with van der Waals surface area (Å²) in [6.07, 6.45) is -0.101. The van der Waals surface area contributed by atoms with E-state index in [2.05, 4.69) is 4.74 Å². The van der Waals surface area contributed by atoms with E-state index in [1.165, 1.54) is 7.05 Å². The summed E-state index contributed by atoms with van der Waals surface area (Å²) in [5, 5.41) is 8.19. The molecule has 0 saturated heterocycles. The molecule has 1 aromatic rings. The topological polar surface area (TPSA) is 114 Å². The fourth-order valence-electron chi connectivity index (χ4n) is 1.33. The van der Waals surface area contributed by atoms with Gasteiger partial charge in [0, 0.05) is 13.6 Å². The van der Waals surface area contributed by atoms with Gasteiger partial charge in [0.25, 0.3) is 10.0 Å². The highest BCUT2D eigenvalue weighted by Gasteiger charge is 2.26. The molecule has 0 aliphatic heterocycles. The summed E-state index contributed by atoms with van der Waals surface area (Å²) in [6, 6.07) is 2.11. The molecule has 0 fully saturated rings. The SMILES string of the molecule is CCOC(=O)CCN(C)S(=O)(=O)c1ccc(C(=O)O)o1. The largest absolute Gasteiger partial charge is 0.475 e. The third kappa shape index (κ3) is 3.81. The number of nitrogens with zero attached hydrogens (tertiary/aromatic N) is 1. The summed E-state index contributed by atoms with van der Waals surface area (Å²) in [5.41, 5.74) is 0. The van der Waals surface area contributed by atoms with Crippen molar-refractivity contribution in [3.63, 3.8) is 0 Å². The summed E-state index contributed by atoms with van der Waals surface area (Å²) in [5.74, 6) is -2.34. The molecule has 1 N–H and O–H groups in total. The van der Waals surface area contributed by atoms with Crippen LogP contribution in [0.2, 0.25) is 0 Å². The molecule has 1 rings (SSSR count). The second-order valence-corrected chi connectivity index (χ2v) is 5.78. The lowest BCUT2D eigenvalue weighted by Crippen LogP contribution is -2.29. The van der Waals surface area contributed by atoms with Gasteiger partial charge < -0.3 is 14.3 Å². The zero-order chi connectivity index (χ0) is 15.3. The van der Waals surface area contributed by atoms with Crippen LogP contribution < -0.4 is 0 Å². The van der Waals surface area contributed by atoms with Crippen LogP contribution in [0.25, 0.3) is 0 Å². The summed E-state index contributed by atoms with van der Waals surface area (Å²) in [7, 11) is -2.71. The summed E-state index contributed by atoms with van der Waals surface area (Å²) in [4.78, 5) is 21.8. The molecular weight excluding hydrogens is 290 g/mol. The van der Waals surface area contributed by atoms with E-state index >= 15 is 0 Å². The molecule has 8 nitrogen and oxygen atoms in total. The van der Waals surface area contributed by atoms with Crippen LogP contribution in [0.15, 0.2) is 21.6 Å². The van der Waals surface area contributed by atoms with Gasteiger partial charge in [-0.25, -0.2) is 13.2 Å². The molecule has 0 unspecified atom stereocenters. The monoisotopic (exact) mass is 305 g/mol. The fourth-order valence-corrected chi connectivity index (χ4v) is 2.40. The first kappa shape index (κ1) is 16.2. The number of carbonyl (C=O) groups is 2. The third-order valence-corrected chi connectivity index (χ3v) is 4.12. The van der Waals surface area contributed by atoms with Gasteiger partial charge in [0.1, 0.15) is 0 Å². The molecule has 0 spiro atoms. The maximum absolute atomic E-state index is 12.0. The number of esters is 1. The van der Waals surface area contributed by atoms with E-state index in [9.17, 15) is 18.0 Å². The minimum atomic E-state index is -3.97. The Bertz CT molecular complexity index is 590. The summed E-state index contributed by atoms with van der Waals surface area (Å²) < 4.78 is 34.4. The van der Waals surface area contributed by atoms with Crippen molar-refractivity contribution < 1.29 is 32.3 Å². The van der Waals surface area contributed by atoms with Gasteiger partial charge in [0.2, 0.25) is 10.9 Å². The maximum atomic E-state index is 12.0. The molecular formula is C11H15NO7S. The predicted molar refractivity (Wildman–Crippen MR) is 66.7 cm³/mol. The van der Waals surface area contributed by atoms with E-state index in [-0.39, 0.29) is 19.6 Å². The van der Waals surface area contributed by atoms with Gasteiger partial charge in [-0.2, -0.15) is 4.31 Å². The average molecular weight is 305 g/mol. The minimum Gasteiger partial charge on any atom is -0.475 e. The van der Waals surface area contributed by atoms with Crippen molar-refractivity contribution in [1.82, 2.24) is 4.31 Å². The van der Waals surface area contributed by atoms with Gasteiger partial charge >= 0.3 is 11.9 Å². The van der Waals surface area contributed by atoms with Gasteiger partial charge in [0.15, 0.2) is 0 Å². The number of furan rings is 1. The Morgan fingerprint density at radius 2 is 2.05 bits per heavy atom. The molecule has 1 heterocycles. The van der Waals surface area contributed by atoms with Crippen LogP contribution in [0.5, 0.6) is 0 Å². The van der Waals surface area contributed by atoms with Gasteiger partial charge in [0.05, 0.1) is 13.0 Å². The van der Waals surface area contributed by atoms with Crippen molar-refractivity contribution in [2.24, 2.45) is 0 Å². The van der Waals surface area contributed by atoms with Crippen LogP contribution in [-0.4, -0.2) is 50.0 Å². The number of carboxylic acids is 1. The lowest BCUT2D eigenvalue weighted by Gasteiger charge is -2.14. The molecule has 0 amide bonds. The number of rotatable bonds is 7. The van der Waals surface area contributed by atoms with Gasteiger partial charge in [-0.05, 0) is 19.1 Å². The first-order chi connectivity index (χ1) is 9.28. The molecule has 0 bridgehead atoms. The van der Waals surface area contributed by atoms with E-state index in [0.717, 1.165) is 16.4 Å². The van der Waals surface area contributed by atoms with Crippen molar-refractivity contribution in [2.45, 2.75) is 18.4 Å². The second-order valence-electron chi connectivity index (χ2n) is 3.81. The van der Waals surface area contributed by atoms with Crippen LogP contribution in [0.1, 0.15) is 23.9 Å².